The van der Waals surface area contributed by atoms with E-state index in [0.29, 0.717) is 113 Å². The second-order valence-corrected chi connectivity index (χ2v) is 41.3. The molecule has 37 nitrogen and oxygen atoms in total. The van der Waals surface area contributed by atoms with E-state index in [1.165, 1.54) is 19.4 Å². The number of anilines is 1. The number of Topliss-reactive ketones (excluding diaryl/α,β-unsaturated/α-hetero) is 1. The van der Waals surface area contributed by atoms with Gasteiger partial charge >= 0.3 is 0 Å². The van der Waals surface area contributed by atoms with Crippen LogP contribution < -0.4 is 68.5 Å². The van der Waals surface area contributed by atoms with Gasteiger partial charge in [0.1, 0.15) is 96.4 Å². The number of fused-ring (bicyclic) bond motifs is 4. The van der Waals surface area contributed by atoms with E-state index in [2.05, 4.69) is 59.1 Å². The Labute approximate surface area is 780 Å². The highest BCUT2D eigenvalue weighted by atomic mass is 32.2. The number of aliphatic hydroxyl groups is 1. The average Bonchev–Trinajstić information content (AvgIpc) is 1.28. The number of benzene rings is 7. The van der Waals surface area contributed by atoms with Crippen LogP contribution >= 0.6 is 0 Å². The van der Waals surface area contributed by atoms with Gasteiger partial charge in [0.25, 0.3) is 63.7 Å². The van der Waals surface area contributed by atoms with E-state index in [1.54, 1.807) is 209 Å². The molecule has 4 aliphatic heterocycles. The van der Waals surface area contributed by atoms with Gasteiger partial charge in [0.05, 0.1) is 74.0 Å². The smallest absolute Gasteiger partial charge is 0.259 e. The maximum atomic E-state index is 12.9. The van der Waals surface area contributed by atoms with Crippen molar-refractivity contribution in [2.45, 2.75) is 128 Å². The third-order valence-corrected chi connectivity index (χ3v) is 25.1. The molecule has 0 radical (unpaired) electrons. The summed E-state index contributed by atoms with van der Waals surface area (Å²) < 4.78 is 136. The number of rotatable bonds is 27. The van der Waals surface area contributed by atoms with Crippen molar-refractivity contribution in [1.82, 2.24) is 45.4 Å². The molecule has 0 bridgehead atoms. The number of nitrogens with one attached hydrogen (secondary N) is 5. The van der Waals surface area contributed by atoms with Crippen molar-refractivity contribution in [3.05, 3.63) is 297 Å². The van der Waals surface area contributed by atoms with Crippen LogP contribution in [0.1, 0.15) is 178 Å². The quantitative estimate of drug-likeness (QED) is 0.0215. The van der Waals surface area contributed by atoms with Gasteiger partial charge in [-0.1, -0.05) is 111 Å². The summed E-state index contributed by atoms with van der Waals surface area (Å²) in [6.07, 6.45) is 9.54. The van der Waals surface area contributed by atoms with Gasteiger partial charge in [-0.3, -0.25) is 33.3 Å². The van der Waals surface area contributed by atoms with E-state index in [-0.39, 0.29) is 121 Å². The minimum Gasteiger partial charge on any atom is -0.490 e. The molecule has 4 aliphatic rings. The lowest BCUT2D eigenvalue weighted by molar-refractivity contribution is -0.118. The monoisotopic (exact) mass is 1910 g/mol. The highest BCUT2D eigenvalue weighted by molar-refractivity contribution is 7.90. The van der Waals surface area contributed by atoms with Crippen LogP contribution in [0.25, 0.3) is 22.8 Å². The van der Waals surface area contributed by atoms with Gasteiger partial charge < -0.3 is 78.1 Å². The number of hydrogen-bond donors (Lipinski definition) is 10. The lowest BCUT2D eigenvalue weighted by atomic mass is 10.0. The number of ether oxygens (including phenoxy) is 4. The zero-order valence-electron chi connectivity index (χ0n) is 75.5. The molecule has 5 amide bonds. The first-order valence-corrected chi connectivity index (χ1v) is 48.4. The number of aromatic nitrogens is 5. The molecule has 0 fully saturated rings. The predicted molar refractivity (Wildman–Crippen MR) is 510 cm³/mol. The van der Waals surface area contributed by atoms with Crippen molar-refractivity contribution in [3.63, 3.8) is 0 Å². The fourth-order valence-electron chi connectivity index (χ4n) is 14.0. The lowest BCUT2D eigenvalue weighted by Crippen LogP contribution is -2.48. The Hall–Kier alpha value is -14.8. The summed E-state index contributed by atoms with van der Waals surface area (Å²) in [5.74, 6) is -0.528. The molecule has 11 aromatic rings. The molecule has 0 spiro atoms. The summed E-state index contributed by atoms with van der Waals surface area (Å²) in [6, 6.07) is 52.4. The molecule has 7 aromatic carbocycles. The summed E-state index contributed by atoms with van der Waals surface area (Å²) >= 11 is 0. The summed E-state index contributed by atoms with van der Waals surface area (Å²) in [6.45, 7) is 19.8. The van der Waals surface area contributed by atoms with Gasteiger partial charge in [-0.05, 0) is 179 Å². The van der Waals surface area contributed by atoms with Gasteiger partial charge in [-0.2, -0.15) is 0 Å². The number of imidazole rings is 1. The number of amidine groups is 4. The molecule has 0 atom stereocenters. The molecule has 14 N–H and O–H groups in total. The third kappa shape index (κ3) is 26.4. The van der Waals surface area contributed by atoms with Crippen LogP contribution in [0.15, 0.2) is 237 Å². The Morgan fingerprint density at radius 2 is 0.748 bits per heavy atom. The van der Waals surface area contributed by atoms with Crippen molar-refractivity contribution < 1.29 is 86.5 Å². The molecule has 15 rings (SSSR count). The Balaban J connectivity index is 0.000000162. The number of carbonyl (C=O) groups is 6. The van der Waals surface area contributed by atoms with Gasteiger partial charge in [0.2, 0.25) is 5.91 Å². The van der Waals surface area contributed by atoms with Crippen LogP contribution in [-0.4, -0.2) is 170 Å². The minimum atomic E-state index is -3.66. The maximum absolute atomic E-state index is 12.9. The lowest BCUT2D eigenvalue weighted by Gasteiger charge is -2.27. The molecule has 0 unspecified atom stereocenters. The van der Waals surface area contributed by atoms with E-state index in [9.17, 15) is 67.5 Å². The standard InChI is InChI=1S/C25H25N3O4S.C23H24N6O5S.C23H25N5O5S.C23H28N4O5S/c1-25(2,16-32-21-13-7-12-20-15-33(30,31)28-23(26)22(20)21)27-24(29)19-11-6-10-18(14-19)17-8-4-3-5-9-17;1-14(30)17-10-29(13-26-17)19-9-15(7-8-25-19)22(31)27-23(2,3)12-34-18-6-4-5-16-11-35(32,33)28-21(24)20(16)18;1-23(2,14-33-18-5-3-4-17-13-34(31,32)27-21(24)20(17)18)26-22(30)16-6-8-25-19(10-16)28-9-7-15(11-28)12-29;1-14(2)21(28)25-17-9-5-7-15(11-17)22(29)26-23(3,4)13-32-18-10-6-8-16-12-33(30,31)27-20(24)19(16)18/h3-14H,15-16H2,1-2H3,(H2,26,28)(H,27,29);4-10,13H,11-12H2,1-3H3,(H2,24,28)(H,27,31);3-11,29H,12-14H2,1-2H3,(H2,24,27)(H,26,30);5-11,14H,12-13H2,1-4H3,(H2,24,27)(H,25,28)(H,26,29). The second-order valence-electron chi connectivity index (χ2n) is 34.8. The van der Waals surface area contributed by atoms with Crippen molar-refractivity contribution in [1.29, 1.82) is 0 Å². The predicted octanol–water partition coefficient (Wildman–Crippen LogP) is 9.01. The topological polar surface area (TPSA) is 558 Å². The summed E-state index contributed by atoms with van der Waals surface area (Å²) in [5.41, 5.74) is 29.7. The third-order valence-electron chi connectivity index (χ3n) is 20.5. The van der Waals surface area contributed by atoms with E-state index < -0.39 is 62.2 Å². The molecule has 0 saturated carbocycles. The highest BCUT2D eigenvalue weighted by Crippen LogP contribution is 2.35. The van der Waals surface area contributed by atoms with Crippen molar-refractivity contribution in [2.24, 2.45) is 46.4 Å². The zero-order valence-corrected chi connectivity index (χ0v) is 78.8. The largest absolute Gasteiger partial charge is 0.490 e. The fraction of sp³-hybridized carbons (Fsp3) is 0.266. The van der Waals surface area contributed by atoms with Crippen molar-refractivity contribution in [3.8, 4) is 45.8 Å². The van der Waals surface area contributed by atoms with Gasteiger partial charge in [-0.25, -0.2) is 48.6 Å². The van der Waals surface area contributed by atoms with Crippen molar-refractivity contribution >= 4 is 104 Å². The SMILES string of the molecule is CC(=O)c1cn(-c2cc(C(=O)NC(C)(C)COc3cccc4c3C(N)=NS(=O)(=O)C4)ccn2)cn1.CC(C)(COc1cccc2c1C(N)=NS(=O)(=O)C2)NC(=O)c1cccc(-c2ccccc2)c1.CC(C)(COc1cccc2c1C(N)=NS(=O)(=O)C2)NC(=O)c1ccnc(-n2ccc(CO)c2)c1.CC(C)C(=O)Nc1cccc(C(=O)NC(C)(C)COc2cccc3c2C(N)=NS(=O)(=O)C3)c1. The Kier molecular flexibility index (Phi) is 29.9. The Bertz CT molecular complexity index is 7050. The number of pyridine rings is 2. The first-order valence-electron chi connectivity index (χ1n) is 42.0. The van der Waals surface area contributed by atoms with Crippen LogP contribution in [0.4, 0.5) is 5.69 Å². The molecule has 706 valence electrons. The van der Waals surface area contributed by atoms with Crippen LogP contribution in [-0.2, 0) is 74.5 Å². The number of hydrogen-bond acceptors (Lipinski definition) is 26. The molecule has 8 heterocycles. The second kappa shape index (κ2) is 40.7. The molecular formula is C94H102N18O19S4. The Morgan fingerprint density at radius 3 is 1.10 bits per heavy atom. The van der Waals surface area contributed by atoms with Crippen molar-refractivity contribution in [2.75, 3.05) is 31.7 Å². The van der Waals surface area contributed by atoms with E-state index in [4.69, 9.17) is 41.9 Å². The van der Waals surface area contributed by atoms with Crippen LogP contribution in [0.5, 0.6) is 23.0 Å². The number of aliphatic hydroxyl groups excluding tert-OH is 1. The zero-order chi connectivity index (χ0) is 97.9. The fourth-order valence-corrected chi connectivity index (χ4v) is 18.4. The molecule has 4 aromatic heterocycles. The highest BCUT2D eigenvalue weighted by Gasteiger charge is 2.34. The summed E-state index contributed by atoms with van der Waals surface area (Å²) in [5, 5.41) is 23.8. The first kappa shape index (κ1) is 99.2. The van der Waals surface area contributed by atoms with Gasteiger partial charge in [-0.15, -0.1) is 17.6 Å². The number of amides is 5. The minimum absolute atomic E-state index is 0.0800. The summed E-state index contributed by atoms with van der Waals surface area (Å²) in [7, 11) is -14.6. The molecule has 0 saturated heterocycles. The average molecular weight is 1920 g/mol. The molecule has 135 heavy (non-hydrogen) atoms. The van der Waals surface area contributed by atoms with Crippen LogP contribution in [0.2, 0.25) is 0 Å². The maximum Gasteiger partial charge on any atom is 0.259 e. The number of sulfonamides is 4. The molecular weight excluding hydrogens is 1810 g/mol. The normalized spacial score (nSPS) is 14.7. The number of ketones is 1. The number of nitrogens with zero attached hydrogens (tertiary/aromatic N) is 9. The van der Waals surface area contributed by atoms with Crippen LogP contribution in [0.3, 0.4) is 0 Å². The number of carbonyl (C=O) groups excluding carboxylic acids is 6. The van der Waals surface area contributed by atoms with Gasteiger partial charge in [0.15, 0.2) is 5.78 Å². The van der Waals surface area contributed by atoms with E-state index >= 15 is 0 Å². The van der Waals surface area contributed by atoms with E-state index in [0.717, 1.165) is 16.7 Å². The molecule has 41 heteroatoms. The molecule has 0 aliphatic carbocycles. The summed E-state index contributed by atoms with van der Waals surface area (Å²) in [4.78, 5) is 87.6. The van der Waals surface area contributed by atoms with E-state index in [1.807, 2.05) is 76.2 Å². The van der Waals surface area contributed by atoms with Crippen LogP contribution in [0, 0.1) is 5.92 Å². The van der Waals surface area contributed by atoms with Gasteiger partial charge in [0, 0.05) is 71.8 Å². The number of nitrogens with two attached hydrogens (primary N) is 4. The first-order chi connectivity index (χ1) is 63.5. The Morgan fingerprint density at radius 1 is 0.407 bits per heavy atom.